The molecule has 172 valence electrons. The zero-order chi connectivity index (χ0) is 22.9. The molecule has 9 heteroatoms. The summed E-state index contributed by atoms with van der Waals surface area (Å²) in [4.78, 5) is 22.1. The number of amides is 1. The Bertz CT molecular complexity index is 1040. The molecular formula is C23H32N6O2S. The Morgan fingerprint density at radius 3 is 2.78 bits per heavy atom. The molecule has 2 N–H and O–H groups in total. The van der Waals surface area contributed by atoms with Crippen LogP contribution in [0.2, 0.25) is 0 Å². The summed E-state index contributed by atoms with van der Waals surface area (Å²) in [7, 11) is 0. The van der Waals surface area contributed by atoms with Gasteiger partial charge in [-0.05, 0) is 31.4 Å². The Morgan fingerprint density at radius 1 is 1.22 bits per heavy atom. The molecule has 0 aliphatic carbocycles. The van der Waals surface area contributed by atoms with E-state index in [2.05, 4.69) is 36.5 Å². The summed E-state index contributed by atoms with van der Waals surface area (Å²) in [6.07, 6.45) is 2.84. The Morgan fingerprint density at radius 2 is 2.03 bits per heavy atom. The number of rotatable bonds is 12. The van der Waals surface area contributed by atoms with Crippen molar-refractivity contribution in [2.45, 2.75) is 45.8 Å². The largest absolute Gasteiger partial charge is 0.493 e. The maximum atomic E-state index is 12.6. The highest BCUT2D eigenvalue weighted by Crippen LogP contribution is 2.25. The Labute approximate surface area is 193 Å². The fourth-order valence-corrected chi connectivity index (χ4v) is 3.79. The summed E-state index contributed by atoms with van der Waals surface area (Å²) in [5.41, 5.74) is 1.30. The van der Waals surface area contributed by atoms with Crippen molar-refractivity contribution in [2.24, 2.45) is 5.92 Å². The average molecular weight is 457 g/mol. The molecule has 0 bridgehead atoms. The van der Waals surface area contributed by atoms with E-state index in [1.165, 1.54) is 0 Å². The van der Waals surface area contributed by atoms with Gasteiger partial charge in [0.15, 0.2) is 10.8 Å². The van der Waals surface area contributed by atoms with E-state index < -0.39 is 0 Å². The molecule has 1 amide bonds. The van der Waals surface area contributed by atoms with Crippen molar-refractivity contribution < 1.29 is 9.53 Å². The van der Waals surface area contributed by atoms with Gasteiger partial charge in [-0.25, -0.2) is 14.6 Å². The zero-order valence-electron chi connectivity index (χ0n) is 19.2. The van der Waals surface area contributed by atoms with Crippen LogP contribution in [0.5, 0.6) is 5.75 Å². The van der Waals surface area contributed by atoms with Crippen molar-refractivity contribution in [2.75, 3.05) is 30.8 Å². The molecule has 0 spiro atoms. The Kier molecular flexibility index (Phi) is 8.72. The van der Waals surface area contributed by atoms with Crippen LogP contribution in [0, 0.1) is 5.92 Å². The van der Waals surface area contributed by atoms with E-state index in [1.54, 1.807) is 30.1 Å². The maximum Gasteiger partial charge on any atom is 0.255 e. The second-order valence-corrected chi connectivity index (χ2v) is 8.83. The number of nitrogens with one attached hydrogen (secondary N) is 2. The maximum absolute atomic E-state index is 12.6. The van der Waals surface area contributed by atoms with Crippen LogP contribution in [-0.2, 0) is 6.54 Å². The molecule has 0 atom stereocenters. The number of thioether (sulfide) groups is 1. The smallest absolute Gasteiger partial charge is 0.255 e. The standard InChI is InChI=1S/C23H32N6O2S/c1-5-13-32-23-27-20(25-14-16(3)4)18-15-26-29(21(18)28-23)12-11-24-22(30)17-9-7-8-10-19(17)31-6-2/h7-10,15-16H,5-6,11-14H2,1-4H3,(H,24,30)(H,25,27,28). The van der Waals surface area contributed by atoms with Crippen molar-refractivity contribution in [1.82, 2.24) is 25.1 Å². The number of nitrogens with zero attached hydrogens (tertiary/aromatic N) is 4. The Balaban J connectivity index is 1.74. The van der Waals surface area contributed by atoms with Crippen LogP contribution in [0.1, 0.15) is 44.5 Å². The predicted octanol–water partition coefficient (Wildman–Crippen LogP) is 4.23. The fraction of sp³-hybridized carbons (Fsp3) is 0.478. The van der Waals surface area contributed by atoms with E-state index in [1.807, 2.05) is 23.7 Å². The molecule has 1 aromatic carbocycles. The van der Waals surface area contributed by atoms with Gasteiger partial charge in [-0.1, -0.05) is 44.7 Å². The van der Waals surface area contributed by atoms with Crippen LogP contribution in [-0.4, -0.2) is 51.1 Å². The normalized spacial score (nSPS) is 11.2. The topological polar surface area (TPSA) is 94.0 Å². The minimum Gasteiger partial charge on any atom is -0.493 e. The summed E-state index contributed by atoms with van der Waals surface area (Å²) < 4.78 is 7.38. The van der Waals surface area contributed by atoms with E-state index in [0.29, 0.717) is 36.9 Å². The molecule has 0 aliphatic heterocycles. The van der Waals surface area contributed by atoms with Crippen molar-refractivity contribution in [3.63, 3.8) is 0 Å². The number of aromatic nitrogens is 4. The number of carbonyl (C=O) groups excluding carboxylic acids is 1. The van der Waals surface area contributed by atoms with Gasteiger partial charge >= 0.3 is 0 Å². The molecule has 3 aromatic rings. The highest BCUT2D eigenvalue weighted by molar-refractivity contribution is 7.99. The number of carbonyl (C=O) groups is 1. The lowest BCUT2D eigenvalue weighted by molar-refractivity contribution is 0.0948. The van der Waals surface area contributed by atoms with Crippen LogP contribution in [0.25, 0.3) is 11.0 Å². The first kappa shape index (κ1) is 23.8. The molecule has 0 saturated heterocycles. The predicted molar refractivity (Wildman–Crippen MR) is 130 cm³/mol. The number of hydrogen-bond donors (Lipinski definition) is 2. The lowest BCUT2D eigenvalue weighted by Gasteiger charge is -2.12. The molecule has 2 aromatic heterocycles. The zero-order valence-corrected chi connectivity index (χ0v) is 20.0. The molecule has 0 fully saturated rings. The van der Waals surface area contributed by atoms with E-state index in [-0.39, 0.29) is 5.91 Å². The van der Waals surface area contributed by atoms with Crippen molar-refractivity contribution >= 4 is 34.5 Å². The summed E-state index contributed by atoms with van der Waals surface area (Å²) in [6.45, 7) is 10.6. The molecule has 3 rings (SSSR count). The molecule has 0 aliphatic rings. The summed E-state index contributed by atoms with van der Waals surface area (Å²) in [5.74, 6) is 2.68. The second-order valence-electron chi connectivity index (χ2n) is 7.77. The molecule has 0 radical (unpaired) electrons. The van der Waals surface area contributed by atoms with Crippen molar-refractivity contribution in [3.8, 4) is 5.75 Å². The number of benzene rings is 1. The van der Waals surface area contributed by atoms with E-state index in [4.69, 9.17) is 14.7 Å². The molecule has 32 heavy (non-hydrogen) atoms. The van der Waals surface area contributed by atoms with E-state index >= 15 is 0 Å². The van der Waals surface area contributed by atoms with Gasteiger partial charge in [0, 0.05) is 18.8 Å². The minimum atomic E-state index is -0.168. The van der Waals surface area contributed by atoms with E-state index in [0.717, 1.165) is 40.7 Å². The summed E-state index contributed by atoms with van der Waals surface area (Å²) in [6, 6.07) is 7.26. The number of para-hydroxylation sites is 1. The van der Waals surface area contributed by atoms with Crippen LogP contribution in [0.15, 0.2) is 35.6 Å². The first-order valence-electron chi connectivity index (χ1n) is 11.1. The quantitative estimate of drug-likeness (QED) is 0.311. The molecule has 0 saturated carbocycles. The fourth-order valence-electron chi connectivity index (χ4n) is 3.10. The molecular weight excluding hydrogens is 424 g/mol. The van der Waals surface area contributed by atoms with Crippen LogP contribution >= 0.6 is 11.8 Å². The van der Waals surface area contributed by atoms with Crippen LogP contribution in [0.4, 0.5) is 5.82 Å². The Hall–Kier alpha value is -2.81. The van der Waals surface area contributed by atoms with Crippen LogP contribution < -0.4 is 15.4 Å². The second kappa shape index (κ2) is 11.7. The van der Waals surface area contributed by atoms with Gasteiger partial charge in [0.25, 0.3) is 5.91 Å². The summed E-state index contributed by atoms with van der Waals surface area (Å²) >= 11 is 1.64. The third-order valence-electron chi connectivity index (χ3n) is 4.63. The SMILES string of the molecule is CCCSc1nc(NCC(C)C)c2cnn(CCNC(=O)c3ccccc3OCC)c2n1. The lowest BCUT2D eigenvalue weighted by Crippen LogP contribution is -2.28. The monoisotopic (exact) mass is 456 g/mol. The third kappa shape index (κ3) is 6.12. The molecule has 8 nitrogen and oxygen atoms in total. The van der Waals surface area contributed by atoms with Gasteiger partial charge in [-0.15, -0.1) is 0 Å². The van der Waals surface area contributed by atoms with Gasteiger partial charge in [0.05, 0.1) is 30.3 Å². The van der Waals surface area contributed by atoms with Crippen molar-refractivity contribution in [1.29, 1.82) is 0 Å². The minimum absolute atomic E-state index is 0.168. The number of ether oxygens (including phenoxy) is 1. The number of fused-ring (bicyclic) bond motifs is 1. The number of anilines is 1. The highest BCUT2D eigenvalue weighted by atomic mass is 32.2. The van der Waals surface area contributed by atoms with Crippen molar-refractivity contribution in [3.05, 3.63) is 36.0 Å². The van der Waals surface area contributed by atoms with Gasteiger partial charge in [-0.3, -0.25) is 4.79 Å². The molecule has 0 unspecified atom stereocenters. The van der Waals surface area contributed by atoms with Gasteiger partial charge < -0.3 is 15.4 Å². The first-order valence-corrected chi connectivity index (χ1v) is 12.1. The van der Waals surface area contributed by atoms with Crippen LogP contribution in [0.3, 0.4) is 0 Å². The van der Waals surface area contributed by atoms with Gasteiger partial charge in [-0.2, -0.15) is 5.10 Å². The van der Waals surface area contributed by atoms with Gasteiger partial charge in [0.2, 0.25) is 0 Å². The summed E-state index contributed by atoms with van der Waals surface area (Å²) in [5, 5.41) is 12.5. The van der Waals surface area contributed by atoms with Gasteiger partial charge in [0.1, 0.15) is 11.6 Å². The first-order chi connectivity index (χ1) is 15.5. The number of hydrogen-bond acceptors (Lipinski definition) is 7. The highest BCUT2D eigenvalue weighted by Gasteiger charge is 2.15. The molecule has 2 heterocycles. The average Bonchev–Trinajstić information content (AvgIpc) is 3.19. The lowest BCUT2D eigenvalue weighted by atomic mass is 10.2. The third-order valence-corrected chi connectivity index (χ3v) is 5.68. The van der Waals surface area contributed by atoms with E-state index in [9.17, 15) is 4.79 Å².